The van der Waals surface area contributed by atoms with Crippen LogP contribution in [-0.4, -0.2) is 0 Å². The standard InChI is InChI=1S/C14H21BrN2/c1-10-8-12(6-7-13(10)15)14(17-16)9-11-4-2-3-5-11/h6-8,11,14,17H,2-5,9,16H2,1H3. The number of benzene rings is 1. The van der Waals surface area contributed by atoms with E-state index in [9.17, 15) is 0 Å². The quantitative estimate of drug-likeness (QED) is 0.654. The van der Waals surface area contributed by atoms with Gasteiger partial charge in [0.1, 0.15) is 0 Å². The van der Waals surface area contributed by atoms with Gasteiger partial charge in [-0.1, -0.05) is 53.7 Å². The predicted molar refractivity (Wildman–Crippen MR) is 75.5 cm³/mol. The van der Waals surface area contributed by atoms with E-state index in [1.807, 2.05) is 0 Å². The van der Waals surface area contributed by atoms with Gasteiger partial charge >= 0.3 is 0 Å². The SMILES string of the molecule is Cc1cc(C(CC2CCCC2)NN)ccc1Br. The molecule has 0 bridgehead atoms. The third-order valence-corrected chi connectivity index (χ3v) is 4.72. The first-order valence-electron chi connectivity index (χ1n) is 6.43. The van der Waals surface area contributed by atoms with Crippen molar-refractivity contribution in [2.24, 2.45) is 11.8 Å². The molecule has 0 radical (unpaired) electrons. The van der Waals surface area contributed by atoms with Crippen LogP contribution in [0.15, 0.2) is 22.7 Å². The molecule has 3 heteroatoms. The molecule has 17 heavy (non-hydrogen) atoms. The molecule has 94 valence electrons. The zero-order chi connectivity index (χ0) is 12.3. The Morgan fingerprint density at radius 3 is 2.71 bits per heavy atom. The van der Waals surface area contributed by atoms with E-state index < -0.39 is 0 Å². The van der Waals surface area contributed by atoms with Gasteiger partial charge in [0.15, 0.2) is 0 Å². The van der Waals surface area contributed by atoms with E-state index in [-0.39, 0.29) is 0 Å². The van der Waals surface area contributed by atoms with E-state index in [0.29, 0.717) is 6.04 Å². The van der Waals surface area contributed by atoms with Crippen LogP contribution in [0.25, 0.3) is 0 Å². The molecular weight excluding hydrogens is 276 g/mol. The van der Waals surface area contributed by atoms with Crippen molar-refractivity contribution in [3.8, 4) is 0 Å². The molecular formula is C14H21BrN2. The highest BCUT2D eigenvalue weighted by Crippen LogP contribution is 2.33. The summed E-state index contributed by atoms with van der Waals surface area (Å²) in [5.74, 6) is 6.56. The molecule has 0 heterocycles. The molecule has 1 aliphatic carbocycles. The fourth-order valence-electron chi connectivity index (χ4n) is 2.76. The van der Waals surface area contributed by atoms with Crippen molar-refractivity contribution in [1.29, 1.82) is 0 Å². The number of hydrogen-bond donors (Lipinski definition) is 2. The summed E-state index contributed by atoms with van der Waals surface area (Å²) in [5.41, 5.74) is 5.55. The minimum Gasteiger partial charge on any atom is -0.271 e. The number of halogens is 1. The Balaban J connectivity index is 2.08. The Labute approximate surface area is 112 Å². The maximum atomic E-state index is 5.71. The number of hydrogen-bond acceptors (Lipinski definition) is 2. The van der Waals surface area contributed by atoms with Gasteiger partial charge in [-0.15, -0.1) is 0 Å². The minimum atomic E-state index is 0.296. The summed E-state index contributed by atoms with van der Waals surface area (Å²) in [6.45, 7) is 2.12. The molecule has 3 N–H and O–H groups in total. The van der Waals surface area contributed by atoms with Crippen LogP contribution in [-0.2, 0) is 0 Å². The number of nitrogens with one attached hydrogen (secondary N) is 1. The second kappa shape index (κ2) is 5.98. The summed E-state index contributed by atoms with van der Waals surface area (Å²) < 4.78 is 1.16. The van der Waals surface area contributed by atoms with Crippen molar-refractivity contribution in [3.63, 3.8) is 0 Å². The van der Waals surface area contributed by atoms with Gasteiger partial charge in [0, 0.05) is 10.5 Å². The van der Waals surface area contributed by atoms with Crippen molar-refractivity contribution in [2.75, 3.05) is 0 Å². The van der Waals surface area contributed by atoms with Crippen molar-refractivity contribution in [1.82, 2.24) is 5.43 Å². The molecule has 1 aliphatic rings. The van der Waals surface area contributed by atoms with Gasteiger partial charge in [0.25, 0.3) is 0 Å². The Morgan fingerprint density at radius 1 is 1.41 bits per heavy atom. The molecule has 1 saturated carbocycles. The zero-order valence-electron chi connectivity index (χ0n) is 10.4. The third kappa shape index (κ3) is 3.30. The van der Waals surface area contributed by atoms with E-state index in [1.54, 1.807) is 0 Å². The van der Waals surface area contributed by atoms with Crippen LogP contribution in [0, 0.1) is 12.8 Å². The first-order chi connectivity index (χ1) is 8.20. The van der Waals surface area contributed by atoms with Crippen LogP contribution < -0.4 is 11.3 Å². The Hall–Kier alpha value is -0.380. The smallest absolute Gasteiger partial charge is 0.0462 e. The fraction of sp³-hybridized carbons (Fsp3) is 0.571. The lowest BCUT2D eigenvalue weighted by molar-refractivity contribution is 0.400. The average Bonchev–Trinajstić information content (AvgIpc) is 2.82. The average molecular weight is 297 g/mol. The van der Waals surface area contributed by atoms with E-state index in [2.05, 4.69) is 46.5 Å². The highest BCUT2D eigenvalue weighted by Gasteiger charge is 2.20. The van der Waals surface area contributed by atoms with Crippen molar-refractivity contribution in [2.45, 2.75) is 45.1 Å². The number of nitrogens with two attached hydrogens (primary N) is 1. The van der Waals surface area contributed by atoms with E-state index in [1.165, 1.54) is 36.8 Å². The van der Waals surface area contributed by atoms with E-state index >= 15 is 0 Å². The summed E-state index contributed by atoms with van der Waals surface area (Å²) in [6.07, 6.45) is 6.68. The lowest BCUT2D eigenvalue weighted by atomic mass is 9.93. The topological polar surface area (TPSA) is 38.0 Å². The van der Waals surface area contributed by atoms with Crippen molar-refractivity contribution in [3.05, 3.63) is 33.8 Å². The van der Waals surface area contributed by atoms with Crippen molar-refractivity contribution >= 4 is 15.9 Å². The number of rotatable bonds is 4. The molecule has 1 fully saturated rings. The zero-order valence-corrected chi connectivity index (χ0v) is 12.0. The molecule has 2 rings (SSSR count). The third-order valence-electron chi connectivity index (χ3n) is 3.83. The van der Waals surface area contributed by atoms with Gasteiger partial charge in [-0.3, -0.25) is 11.3 Å². The molecule has 1 aromatic rings. The molecule has 0 aromatic heterocycles. The fourth-order valence-corrected chi connectivity index (χ4v) is 3.01. The van der Waals surface area contributed by atoms with Gasteiger partial charge in [-0.25, -0.2) is 0 Å². The lowest BCUT2D eigenvalue weighted by Gasteiger charge is -2.20. The Morgan fingerprint density at radius 2 is 2.12 bits per heavy atom. The number of aryl methyl sites for hydroxylation is 1. The van der Waals surface area contributed by atoms with Crippen LogP contribution in [0.3, 0.4) is 0 Å². The lowest BCUT2D eigenvalue weighted by Crippen LogP contribution is -2.29. The first-order valence-corrected chi connectivity index (χ1v) is 7.22. The highest BCUT2D eigenvalue weighted by atomic mass is 79.9. The summed E-state index contributed by atoms with van der Waals surface area (Å²) in [5, 5.41) is 0. The van der Waals surface area contributed by atoms with E-state index in [0.717, 1.165) is 16.8 Å². The Kier molecular flexibility index (Phi) is 4.60. The highest BCUT2D eigenvalue weighted by molar-refractivity contribution is 9.10. The molecule has 1 aromatic carbocycles. The van der Waals surface area contributed by atoms with Crippen LogP contribution in [0.5, 0.6) is 0 Å². The predicted octanol–water partition coefficient (Wildman–Crippen LogP) is 3.84. The summed E-state index contributed by atoms with van der Waals surface area (Å²) in [7, 11) is 0. The van der Waals surface area contributed by atoms with Crippen molar-refractivity contribution < 1.29 is 0 Å². The summed E-state index contributed by atoms with van der Waals surface area (Å²) in [6, 6.07) is 6.80. The van der Waals surface area contributed by atoms with E-state index in [4.69, 9.17) is 5.84 Å². The summed E-state index contributed by atoms with van der Waals surface area (Å²) in [4.78, 5) is 0. The van der Waals surface area contributed by atoms with Crippen LogP contribution in [0.4, 0.5) is 0 Å². The largest absolute Gasteiger partial charge is 0.271 e. The monoisotopic (exact) mass is 296 g/mol. The molecule has 0 aliphatic heterocycles. The maximum Gasteiger partial charge on any atom is 0.0462 e. The van der Waals surface area contributed by atoms with Crippen LogP contribution in [0.2, 0.25) is 0 Å². The second-order valence-corrected chi connectivity index (χ2v) is 5.97. The minimum absolute atomic E-state index is 0.296. The maximum absolute atomic E-state index is 5.71. The second-order valence-electron chi connectivity index (χ2n) is 5.11. The molecule has 1 unspecified atom stereocenters. The molecule has 0 spiro atoms. The molecule has 0 saturated heterocycles. The van der Waals surface area contributed by atoms with Crippen LogP contribution in [0.1, 0.15) is 49.3 Å². The Bertz CT molecular complexity index is 372. The van der Waals surface area contributed by atoms with Gasteiger partial charge < -0.3 is 0 Å². The van der Waals surface area contributed by atoms with Gasteiger partial charge in [0.2, 0.25) is 0 Å². The summed E-state index contributed by atoms with van der Waals surface area (Å²) >= 11 is 3.54. The first kappa shape index (κ1) is 13.1. The molecule has 0 amide bonds. The van der Waals surface area contributed by atoms with Crippen LogP contribution >= 0.6 is 15.9 Å². The number of hydrazine groups is 1. The molecule has 2 nitrogen and oxygen atoms in total. The molecule has 1 atom stereocenters. The van der Waals surface area contributed by atoms with Gasteiger partial charge in [-0.05, 0) is 36.5 Å². The normalized spacial score (nSPS) is 18.5. The van der Waals surface area contributed by atoms with Gasteiger partial charge in [-0.2, -0.15) is 0 Å². The van der Waals surface area contributed by atoms with Gasteiger partial charge in [0.05, 0.1) is 0 Å².